The zero-order valence-corrected chi connectivity index (χ0v) is 17.5. The number of primary amides is 1. The monoisotopic (exact) mass is 443 g/mol. The molecule has 11 heteroatoms. The summed E-state index contributed by atoms with van der Waals surface area (Å²) in [6.07, 6.45) is 1.95. The van der Waals surface area contributed by atoms with Gasteiger partial charge in [-0.1, -0.05) is 18.5 Å². The summed E-state index contributed by atoms with van der Waals surface area (Å²) in [7, 11) is -3.45. The average molecular weight is 444 g/mol. The number of amides is 1. The molecule has 0 bridgehead atoms. The van der Waals surface area contributed by atoms with E-state index in [9.17, 15) is 17.6 Å². The highest BCUT2D eigenvalue weighted by molar-refractivity contribution is 7.89. The van der Waals surface area contributed by atoms with E-state index < -0.39 is 21.7 Å². The summed E-state index contributed by atoms with van der Waals surface area (Å²) in [4.78, 5) is 22.3. The average Bonchev–Trinajstić information content (AvgIpc) is 3.03. The molecule has 0 radical (unpaired) electrons. The zero-order valence-electron chi connectivity index (χ0n) is 15.9. The topological polar surface area (TPSA) is 122 Å². The number of aromatic amines is 1. The maximum atomic E-state index is 13.1. The fourth-order valence-corrected chi connectivity index (χ4v) is 5.48. The van der Waals surface area contributed by atoms with Crippen molar-refractivity contribution in [2.24, 2.45) is 11.7 Å². The molecule has 0 aromatic carbocycles. The van der Waals surface area contributed by atoms with Crippen LogP contribution in [0.3, 0.4) is 0 Å². The van der Waals surface area contributed by atoms with Gasteiger partial charge >= 0.3 is 0 Å². The number of halogens is 2. The van der Waals surface area contributed by atoms with Gasteiger partial charge in [0.15, 0.2) is 11.0 Å². The minimum Gasteiger partial charge on any atom is -0.370 e. The third kappa shape index (κ3) is 5.12. The normalized spacial score (nSPS) is 20.7. The highest BCUT2D eigenvalue weighted by Gasteiger charge is 2.35. The van der Waals surface area contributed by atoms with Gasteiger partial charge in [0, 0.05) is 25.4 Å². The van der Waals surface area contributed by atoms with E-state index in [1.54, 1.807) is 0 Å². The number of carbonyl (C=O) groups excluding carboxylic acids is 1. The molecule has 8 nitrogen and oxygen atoms in total. The van der Waals surface area contributed by atoms with E-state index in [1.165, 1.54) is 16.4 Å². The van der Waals surface area contributed by atoms with Crippen LogP contribution in [0.4, 0.5) is 4.39 Å². The lowest BCUT2D eigenvalue weighted by Gasteiger charge is -2.35. The summed E-state index contributed by atoms with van der Waals surface area (Å²) >= 11 is 6.33. The van der Waals surface area contributed by atoms with Crippen molar-refractivity contribution in [3.63, 3.8) is 0 Å². The number of H-pyrrole nitrogens is 1. The van der Waals surface area contributed by atoms with E-state index in [1.807, 2.05) is 6.92 Å². The smallest absolute Gasteiger partial charge is 0.217 e. The van der Waals surface area contributed by atoms with Crippen molar-refractivity contribution in [1.29, 1.82) is 0 Å². The lowest BCUT2D eigenvalue weighted by Crippen LogP contribution is -2.43. The Morgan fingerprint density at radius 1 is 1.45 bits per heavy atom. The van der Waals surface area contributed by atoms with Crippen LogP contribution in [-0.4, -0.2) is 52.4 Å². The van der Waals surface area contributed by atoms with Crippen molar-refractivity contribution in [2.45, 2.75) is 32.1 Å². The molecule has 1 saturated heterocycles. The molecule has 3 N–H and O–H groups in total. The molecule has 0 aliphatic carbocycles. The van der Waals surface area contributed by atoms with Gasteiger partial charge in [-0.25, -0.2) is 27.1 Å². The van der Waals surface area contributed by atoms with Gasteiger partial charge in [0.05, 0.1) is 17.6 Å². The second-order valence-electron chi connectivity index (χ2n) is 7.27. The fraction of sp³-hybridized carbons (Fsp3) is 0.500. The Bertz CT molecular complexity index is 980. The molecule has 29 heavy (non-hydrogen) atoms. The molecular weight excluding hydrogens is 421 g/mol. The van der Waals surface area contributed by atoms with E-state index in [2.05, 4.69) is 15.0 Å². The van der Waals surface area contributed by atoms with Crippen molar-refractivity contribution in [3.05, 3.63) is 35.0 Å². The van der Waals surface area contributed by atoms with E-state index in [-0.39, 0.29) is 30.4 Å². The first kappa shape index (κ1) is 21.7. The fourth-order valence-electron chi connectivity index (χ4n) is 3.60. The SMILES string of the molecule is C[C@H]1CN(S(=O)(=O)CCCC(N)=O)CC[C@H]1c1[nH]c(-c2ccc(F)cn2)nc1Cl. The van der Waals surface area contributed by atoms with E-state index >= 15 is 0 Å². The first-order valence-electron chi connectivity index (χ1n) is 9.31. The molecule has 0 spiro atoms. The minimum absolute atomic E-state index is 0.00117. The van der Waals surface area contributed by atoms with Gasteiger partial charge in [-0.15, -0.1) is 0 Å². The second kappa shape index (κ2) is 8.76. The molecule has 3 heterocycles. The quantitative estimate of drug-likeness (QED) is 0.679. The first-order valence-corrected chi connectivity index (χ1v) is 11.3. The van der Waals surface area contributed by atoms with Gasteiger partial charge in [-0.3, -0.25) is 4.79 Å². The van der Waals surface area contributed by atoms with Crippen LogP contribution in [0, 0.1) is 11.7 Å². The van der Waals surface area contributed by atoms with E-state index in [0.29, 0.717) is 36.2 Å². The largest absolute Gasteiger partial charge is 0.370 e. The van der Waals surface area contributed by atoms with Crippen molar-refractivity contribution in [3.8, 4) is 11.5 Å². The maximum absolute atomic E-state index is 13.1. The second-order valence-corrected chi connectivity index (χ2v) is 9.71. The van der Waals surface area contributed by atoms with Crippen LogP contribution >= 0.6 is 11.6 Å². The van der Waals surface area contributed by atoms with Crippen LogP contribution in [0.2, 0.25) is 5.15 Å². The van der Waals surface area contributed by atoms with Gasteiger partial charge in [0.2, 0.25) is 15.9 Å². The highest BCUT2D eigenvalue weighted by atomic mass is 35.5. The van der Waals surface area contributed by atoms with Crippen LogP contribution in [0.1, 0.15) is 37.8 Å². The van der Waals surface area contributed by atoms with Gasteiger partial charge in [0.1, 0.15) is 11.5 Å². The first-order chi connectivity index (χ1) is 13.7. The molecule has 1 aliphatic heterocycles. The van der Waals surface area contributed by atoms with Crippen LogP contribution < -0.4 is 5.73 Å². The molecular formula is C18H23ClFN5O3S. The van der Waals surface area contributed by atoms with Crippen molar-refractivity contribution in [2.75, 3.05) is 18.8 Å². The third-order valence-corrected chi connectivity index (χ3v) is 7.32. The number of hydrogen-bond acceptors (Lipinski definition) is 5. The molecule has 2 aromatic rings. The van der Waals surface area contributed by atoms with Crippen LogP contribution in [-0.2, 0) is 14.8 Å². The molecule has 158 valence electrons. The number of pyridine rings is 1. The standard InChI is InChI=1S/C18H23ClFN5O3S/c1-11-10-25(29(27,28)8-2-3-15(21)26)7-6-13(11)16-17(19)24-18(23-16)14-5-4-12(20)9-22-14/h4-5,9,11,13H,2-3,6-8,10H2,1H3,(H2,21,26)(H,23,24)/t11-,13+/m0/s1. The molecule has 2 atom stereocenters. The summed E-state index contributed by atoms with van der Waals surface area (Å²) in [5.41, 5.74) is 6.28. The predicted molar refractivity (Wildman–Crippen MR) is 107 cm³/mol. The Balaban J connectivity index is 1.70. The number of nitrogens with two attached hydrogens (primary N) is 1. The number of sulfonamides is 1. The lowest BCUT2D eigenvalue weighted by atomic mass is 9.86. The highest BCUT2D eigenvalue weighted by Crippen LogP contribution is 2.37. The lowest BCUT2D eigenvalue weighted by molar-refractivity contribution is -0.118. The Morgan fingerprint density at radius 3 is 2.83 bits per heavy atom. The number of aromatic nitrogens is 3. The molecule has 2 aromatic heterocycles. The Labute approximate surface area is 173 Å². The van der Waals surface area contributed by atoms with Crippen LogP contribution in [0.15, 0.2) is 18.3 Å². The summed E-state index contributed by atoms with van der Waals surface area (Å²) in [5, 5.41) is 0.306. The third-order valence-electron chi connectivity index (χ3n) is 5.11. The van der Waals surface area contributed by atoms with Crippen LogP contribution in [0.5, 0.6) is 0 Å². The molecule has 0 unspecified atom stereocenters. The van der Waals surface area contributed by atoms with Gasteiger partial charge in [-0.2, -0.15) is 0 Å². The number of imidazole rings is 1. The van der Waals surface area contributed by atoms with Crippen molar-refractivity contribution >= 4 is 27.5 Å². The summed E-state index contributed by atoms with van der Waals surface area (Å²) in [5.74, 6) is -0.600. The number of carbonyl (C=O) groups is 1. The molecule has 0 saturated carbocycles. The Kier molecular flexibility index (Phi) is 6.55. The molecule has 1 aliphatic rings. The summed E-state index contributed by atoms with van der Waals surface area (Å²) < 4.78 is 39.6. The van der Waals surface area contributed by atoms with Crippen LogP contribution in [0.25, 0.3) is 11.5 Å². The molecule has 1 amide bonds. The van der Waals surface area contributed by atoms with E-state index in [0.717, 1.165) is 11.9 Å². The number of nitrogens with one attached hydrogen (secondary N) is 1. The maximum Gasteiger partial charge on any atom is 0.217 e. The van der Waals surface area contributed by atoms with Gasteiger partial charge in [-0.05, 0) is 30.9 Å². The van der Waals surface area contributed by atoms with Gasteiger partial charge in [0.25, 0.3) is 0 Å². The molecule has 1 fully saturated rings. The van der Waals surface area contributed by atoms with Gasteiger partial charge < -0.3 is 10.7 Å². The van der Waals surface area contributed by atoms with Crippen molar-refractivity contribution < 1.29 is 17.6 Å². The number of piperidine rings is 1. The number of nitrogens with zero attached hydrogens (tertiary/aromatic N) is 3. The Hall–Kier alpha value is -2.04. The van der Waals surface area contributed by atoms with E-state index in [4.69, 9.17) is 17.3 Å². The number of rotatable bonds is 7. The number of hydrogen-bond donors (Lipinski definition) is 2. The summed E-state index contributed by atoms with van der Waals surface area (Å²) in [6, 6.07) is 2.81. The minimum atomic E-state index is -3.45. The predicted octanol–water partition coefficient (Wildman–Crippen LogP) is 2.28. The Morgan fingerprint density at radius 2 is 2.21 bits per heavy atom. The van der Waals surface area contributed by atoms with Crippen molar-refractivity contribution in [1.82, 2.24) is 19.3 Å². The molecule has 3 rings (SSSR count). The summed E-state index contributed by atoms with van der Waals surface area (Å²) in [6.45, 7) is 2.67. The zero-order chi connectivity index (χ0) is 21.2.